The predicted molar refractivity (Wildman–Crippen MR) is 71.1 cm³/mol. The van der Waals surface area contributed by atoms with Crippen LogP contribution < -0.4 is 0 Å². The van der Waals surface area contributed by atoms with E-state index in [1.807, 2.05) is 42.5 Å². The minimum atomic E-state index is -0.101. The van der Waals surface area contributed by atoms with Gasteiger partial charge in [0.1, 0.15) is 0 Å². The van der Waals surface area contributed by atoms with E-state index in [0.29, 0.717) is 6.42 Å². The molecule has 0 fully saturated rings. The summed E-state index contributed by atoms with van der Waals surface area (Å²) in [5.74, 6) is 0.0594. The maximum absolute atomic E-state index is 11.2. The van der Waals surface area contributed by atoms with E-state index < -0.39 is 0 Å². The molecule has 2 aromatic rings. The molecule has 0 N–H and O–H groups in total. The molecule has 0 saturated carbocycles. The average Bonchev–Trinajstić information content (AvgIpc) is 2.38. The van der Waals surface area contributed by atoms with Gasteiger partial charge in [-0.15, -0.1) is 12.6 Å². The second kappa shape index (κ2) is 5.64. The Morgan fingerprint density at radius 3 is 2.24 bits per heavy atom. The summed E-state index contributed by atoms with van der Waals surface area (Å²) in [4.78, 5) is 15.2. The Morgan fingerprint density at radius 1 is 1.06 bits per heavy atom. The monoisotopic (exact) mass is 243 g/mol. The topological polar surface area (TPSA) is 30.0 Å². The molecule has 3 heteroatoms. The van der Waals surface area contributed by atoms with Gasteiger partial charge in [0, 0.05) is 24.7 Å². The van der Waals surface area contributed by atoms with Gasteiger partial charge in [0.25, 0.3) is 0 Å². The van der Waals surface area contributed by atoms with Crippen molar-refractivity contribution in [1.29, 1.82) is 0 Å². The minimum Gasteiger partial charge on any atom is -0.287 e. The maximum Gasteiger partial charge on any atom is 0.186 e. The van der Waals surface area contributed by atoms with Gasteiger partial charge in [0.15, 0.2) is 5.12 Å². The zero-order chi connectivity index (χ0) is 12.1. The summed E-state index contributed by atoms with van der Waals surface area (Å²) in [6.45, 7) is 0. The largest absolute Gasteiger partial charge is 0.287 e. The van der Waals surface area contributed by atoms with Crippen LogP contribution >= 0.6 is 12.6 Å². The molecule has 1 unspecified atom stereocenters. The fraction of sp³-hybridized carbons (Fsp3) is 0.143. The number of benzene rings is 1. The Balaban J connectivity index is 2.36. The van der Waals surface area contributed by atoms with E-state index in [2.05, 4.69) is 17.6 Å². The lowest BCUT2D eigenvalue weighted by Gasteiger charge is -2.15. The number of rotatable bonds is 4. The molecule has 1 aromatic carbocycles. The van der Waals surface area contributed by atoms with Crippen molar-refractivity contribution in [3.05, 3.63) is 66.0 Å². The van der Waals surface area contributed by atoms with Crippen LogP contribution in [0.3, 0.4) is 0 Å². The zero-order valence-corrected chi connectivity index (χ0v) is 10.2. The third-order valence-corrected chi connectivity index (χ3v) is 2.87. The Kier molecular flexibility index (Phi) is 3.94. The number of thiol groups is 1. The SMILES string of the molecule is O=C(S)CC(c1ccccc1)c1ccncc1. The van der Waals surface area contributed by atoms with Gasteiger partial charge in [-0.25, -0.2) is 0 Å². The standard InChI is InChI=1S/C14H13NOS/c16-14(17)10-13(11-4-2-1-3-5-11)12-6-8-15-9-7-12/h1-9,13H,10H2,(H,16,17). The van der Waals surface area contributed by atoms with E-state index in [0.717, 1.165) is 11.1 Å². The van der Waals surface area contributed by atoms with E-state index >= 15 is 0 Å². The van der Waals surface area contributed by atoms with Gasteiger partial charge in [-0.1, -0.05) is 30.3 Å². The van der Waals surface area contributed by atoms with Gasteiger partial charge in [-0.3, -0.25) is 9.78 Å². The normalized spacial score (nSPS) is 12.1. The van der Waals surface area contributed by atoms with E-state index in [9.17, 15) is 4.79 Å². The predicted octanol–water partition coefficient (Wildman–Crippen LogP) is 3.06. The summed E-state index contributed by atoms with van der Waals surface area (Å²) >= 11 is 3.88. The third-order valence-electron chi connectivity index (χ3n) is 2.69. The highest BCUT2D eigenvalue weighted by Crippen LogP contribution is 2.28. The molecule has 0 aliphatic rings. The van der Waals surface area contributed by atoms with Crippen molar-refractivity contribution < 1.29 is 4.79 Å². The molecular formula is C14H13NOS. The van der Waals surface area contributed by atoms with Crippen LogP contribution in [0, 0.1) is 0 Å². The van der Waals surface area contributed by atoms with E-state index in [4.69, 9.17) is 0 Å². The van der Waals surface area contributed by atoms with Gasteiger partial charge < -0.3 is 0 Å². The summed E-state index contributed by atoms with van der Waals surface area (Å²) in [6.07, 6.45) is 3.89. The van der Waals surface area contributed by atoms with Gasteiger partial charge in [-0.2, -0.15) is 0 Å². The third kappa shape index (κ3) is 3.17. The van der Waals surface area contributed by atoms with Gasteiger partial charge in [0.05, 0.1) is 0 Å². The number of nitrogens with zero attached hydrogens (tertiary/aromatic N) is 1. The van der Waals surface area contributed by atoms with E-state index in [1.165, 1.54) is 0 Å². The number of carbonyl (C=O) groups is 1. The molecule has 2 nitrogen and oxygen atoms in total. The van der Waals surface area contributed by atoms with Crippen LogP contribution in [0.5, 0.6) is 0 Å². The van der Waals surface area contributed by atoms with Crippen molar-refractivity contribution in [3.8, 4) is 0 Å². The molecule has 0 amide bonds. The van der Waals surface area contributed by atoms with Crippen molar-refractivity contribution in [3.63, 3.8) is 0 Å². The van der Waals surface area contributed by atoms with Crippen molar-refractivity contribution in [2.75, 3.05) is 0 Å². The highest BCUT2D eigenvalue weighted by Gasteiger charge is 2.16. The summed E-state index contributed by atoms with van der Waals surface area (Å²) < 4.78 is 0. The Bertz CT molecular complexity index is 445. The molecule has 0 bridgehead atoms. The van der Waals surface area contributed by atoms with Crippen molar-refractivity contribution in [2.45, 2.75) is 12.3 Å². The average molecular weight is 243 g/mol. The van der Waals surface area contributed by atoms with Crippen LogP contribution in [0.1, 0.15) is 23.5 Å². The number of hydrogen-bond acceptors (Lipinski definition) is 2. The number of carbonyl (C=O) groups excluding carboxylic acids is 1. The number of aromatic nitrogens is 1. The van der Waals surface area contributed by atoms with Crippen LogP contribution in [-0.2, 0) is 4.79 Å². The number of hydrogen-bond donors (Lipinski definition) is 1. The summed E-state index contributed by atoms with van der Waals surface area (Å²) in [6, 6.07) is 13.9. The lowest BCUT2D eigenvalue weighted by atomic mass is 9.90. The van der Waals surface area contributed by atoms with Gasteiger partial charge in [0.2, 0.25) is 0 Å². The molecule has 1 atom stereocenters. The zero-order valence-electron chi connectivity index (χ0n) is 9.28. The number of pyridine rings is 1. The summed E-state index contributed by atoms with van der Waals surface area (Å²) in [7, 11) is 0. The van der Waals surface area contributed by atoms with E-state index in [1.54, 1.807) is 12.4 Å². The minimum absolute atomic E-state index is 0.0594. The quantitative estimate of drug-likeness (QED) is 0.836. The van der Waals surface area contributed by atoms with Crippen LogP contribution in [-0.4, -0.2) is 10.1 Å². The first-order valence-corrected chi connectivity index (χ1v) is 5.89. The Labute approximate surface area is 106 Å². The summed E-state index contributed by atoms with van der Waals surface area (Å²) in [5, 5.41) is -0.101. The second-order valence-electron chi connectivity index (χ2n) is 3.84. The first-order valence-electron chi connectivity index (χ1n) is 5.44. The molecule has 0 saturated heterocycles. The smallest absolute Gasteiger partial charge is 0.186 e. The van der Waals surface area contributed by atoms with Crippen molar-refractivity contribution in [2.24, 2.45) is 0 Å². The molecule has 2 rings (SSSR count). The fourth-order valence-corrected chi connectivity index (χ4v) is 2.07. The maximum atomic E-state index is 11.2. The van der Waals surface area contributed by atoms with Crippen molar-refractivity contribution in [1.82, 2.24) is 4.98 Å². The highest BCUT2D eigenvalue weighted by molar-refractivity contribution is 7.96. The van der Waals surface area contributed by atoms with Crippen LogP contribution in [0.2, 0.25) is 0 Å². The van der Waals surface area contributed by atoms with E-state index in [-0.39, 0.29) is 11.0 Å². The van der Waals surface area contributed by atoms with Gasteiger partial charge >= 0.3 is 0 Å². The first-order chi connectivity index (χ1) is 8.27. The Hall–Kier alpha value is -1.61. The molecule has 0 aliphatic carbocycles. The highest BCUT2D eigenvalue weighted by atomic mass is 32.1. The first kappa shape index (κ1) is 11.9. The molecule has 86 valence electrons. The lowest BCUT2D eigenvalue weighted by Crippen LogP contribution is -2.05. The van der Waals surface area contributed by atoms with Crippen molar-refractivity contribution >= 4 is 17.7 Å². The molecule has 0 aliphatic heterocycles. The van der Waals surface area contributed by atoms with Gasteiger partial charge in [-0.05, 0) is 23.3 Å². The lowest BCUT2D eigenvalue weighted by molar-refractivity contribution is -0.111. The molecule has 0 spiro atoms. The molecule has 0 radical (unpaired) electrons. The van der Waals surface area contributed by atoms with Crippen LogP contribution in [0.15, 0.2) is 54.9 Å². The van der Waals surface area contributed by atoms with Crippen LogP contribution in [0.4, 0.5) is 0 Å². The molecule has 1 heterocycles. The molecular weight excluding hydrogens is 230 g/mol. The molecule has 1 aromatic heterocycles. The van der Waals surface area contributed by atoms with Crippen LogP contribution in [0.25, 0.3) is 0 Å². The summed E-state index contributed by atoms with van der Waals surface area (Å²) in [5.41, 5.74) is 2.22. The Morgan fingerprint density at radius 2 is 1.65 bits per heavy atom. The fourth-order valence-electron chi connectivity index (χ4n) is 1.88. The molecule has 17 heavy (non-hydrogen) atoms. The second-order valence-corrected chi connectivity index (χ2v) is 4.34.